The third-order valence-corrected chi connectivity index (χ3v) is 4.75. The van der Waals surface area contributed by atoms with Crippen LogP contribution in [-0.2, 0) is 19.0 Å². The number of carbonyl (C=O) groups excluding carboxylic acids is 1. The van der Waals surface area contributed by atoms with Crippen LogP contribution in [0, 0.1) is 0 Å². The van der Waals surface area contributed by atoms with Gasteiger partial charge >= 0.3 is 0 Å². The quantitative estimate of drug-likeness (QED) is 0.239. The number of methoxy groups -OCH3 is 1. The van der Waals surface area contributed by atoms with Gasteiger partial charge in [-0.3, -0.25) is 4.79 Å². The fourth-order valence-corrected chi connectivity index (χ4v) is 3.19. The van der Waals surface area contributed by atoms with Gasteiger partial charge in [0, 0.05) is 47.1 Å². The Labute approximate surface area is 179 Å². The molecule has 2 rings (SSSR count). The SMILES string of the molecule is COCCNC(=NCC(=O)N(C)C)NCC1COC2(CCCCCC2)O1.I. The fourth-order valence-electron chi connectivity index (χ4n) is 3.19. The summed E-state index contributed by atoms with van der Waals surface area (Å²) in [6, 6.07) is 0. The van der Waals surface area contributed by atoms with Gasteiger partial charge in [-0.15, -0.1) is 24.0 Å². The number of hydrogen-bond acceptors (Lipinski definition) is 5. The zero-order valence-electron chi connectivity index (χ0n) is 16.8. The number of guanidine groups is 1. The van der Waals surface area contributed by atoms with Crippen molar-refractivity contribution in [3.63, 3.8) is 0 Å². The average Bonchev–Trinajstić information content (AvgIpc) is 2.87. The Morgan fingerprint density at radius 2 is 1.93 bits per heavy atom. The van der Waals surface area contributed by atoms with Gasteiger partial charge in [0.15, 0.2) is 11.7 Å². The van der Waals surface area contributed by atoms with Crippen LogP contribution in [0.5, 0.6) is 0 Å². The predicted molar refractivity (Wildman–Crippen MR) is 116 cm³/mol. The van der Waals surface area contributed by atoms with E-state index in [9.17, 15) is 4.79 Å². The molecule has 1 saturated heterocycles. The third-order valence-electron chi connectivity index (χ3n) is 4.75. The van der Waals surface area contributed by atoms with Crippen LogP contribution in [0.15, 0.2) is 4.99 Å². The van der Waals surface area contributed by atoms with Crippen LogP contribution >= 0.6 is 24.0 Å². The van der Waals surface area contributed by atoms with E-state index in [2.05, 4.69) is 15.6 Å². The lowest BCUT2D eigenvalue weighted by molar-refractivity contribution is -0.175. The van der Waals surface area contributed by atoms with Crippen LogP contribution in [-0.4, -0.2) is 82.7 Å². The number of likely N-dealkylation sites (N-methyl/N-ethyl adjacent to an activating group) is 1. The molecule has 27 heavy (non-hydrogen) atoms. The highest BCUT2D eigenvalue weighted by molar-refractivity contribution is 14.0. The van der Waals surface area contributed by atoms with E-state index in [4.69, 9.17) is 14.2 Å². The number of halogens is 1. The van der Waals surface area contributed by atoms with E-state index < -0.39 is 0 Å². The Balaban J connectivity index is 0.00000364. The first kappa shape index (κ1) is 24.4. The molecular formula is C18H35IN4O4. The van der Waals surface area contributed by atoms with E-state index in [1.807, 2.05) is 0 Å². The van der Waals surface area contributed by atoms with Crippen LogP contribution < -0.4 is 10.6 Å². The molecule has 0 aromatic heterocycles. The number of hydrogen-bond donors (Lipinski definition) is 2. The van der Waals surface area contributed by atoms with Crippen LogP contribution in [0.1, 0.15) is 38.5 Å². The number of nitrogens with one attached hydrogen (secondary N) is 2. The van der Waals surface area contributed by atoms with Gasteiger partial charge in [-0.2, -0.15) is 0 Å². The van der Waals surface area contributed by atoms with Crippen molar-refractivity contribution in [3.8, 4) is 0 Å². The summed E-state index contributed by atoms with van der Waals surface area (Å²) >= 11 is 0. The first-order valence-electron chi connectivity index (χ1n) is 9.58. The van der Waals surface area contributed by atoms with Crippen LogP contribution in [0.2, 0.25) is 0 Å². The Hall–Kier alpha value is -0.650. The number of nitrogens with zero attached hydrogens (tertiary/aromatic N) is 2. The molecule has 2 aliphatic rings. The van der Waals surface area contributed by atoms with Crippen molar-refractivity contribution in [2.45, 2.75) is 50.4 Å². The molecule has 1 aliphatic heterocycles. The van der Waals surface area contributed by atoms with Gasteiger partial charge in [-0.05, 0) is 12.8 Å². The Bertz CT molecular complexity index is 468. The largest absolute Gasteiger partial charge is 0.383 e. The summed E-state index contributed by atoms with van der Waals surface area (Å²) in [5, 5.41) is 6.43. The first-order chi connectivity index (χ1) is 12.5. The number of aliphatic imine (C=N–C) groups is 1. The van der Waals surface area contributed by atoms with Crippen molar-refractivity contribution in [2.24, 2.45) is 4.99 Å². The molecule has 1 amide bonds. The van der Waals surface area contributed by atoms with Gasteiger partial charge in [0.2, 0.25) is 5.91 Å². The first-order valence-corrected chi connectivity index (χ1v) is 9.58. The smallest absolute Gasteiger partial charge is 0.243 e. The average molecular weight is 498 g/mol. The molecule has 2 N–H and O–H groups in total. The highest BCUT2D eigenvalue weighted by Gasteiger charge is 2.41. The molecule has 158 valence electrons. The van der Waals surface area contributed by atoms with E-state index in [1.165, 1.54) is 17.7 Å². The lowest BCUT2D eigenvalue weighted by atomic mass is 10.1. The Morgan fingerprint density at radius 3 is 2.56 bits per heavy atom. The second kappa shape index (κ2) is 12.7. The van der Waals surface area contributed by atoms with Crippen molar-refractivity contribution < 1.29 is 19.0 Å². The van der Waals surface area contributed by atoms with E-state index in [1.54, 1.807) is 21.2 Å². The van der Waals surface area contributed by atoms with Gasteiger partial charge in [-0.25, -0.2) is 4.99 Å². The minimum Gasteiger partial charge on any atom is -0.383 e. The maximum absolute atomic E-state index is 11.8. The highest BCUT2D eigenvalue weighted by atomic mass is 127. The van der Waals surface area contributed by atoms with Gasteiger partial charge in [0.25, 0.3) is 0 Å². The number of rotatable bonds is 7. The summed E-state index contributed by atoms with van der Waals surface area (Å²) in [5.41, 5.74) is 0. The van der Waals surface area contributed by atoms with Crippen molar-refractivity contribution in [2.75, 3.05) is 54.1 Å². The van der Waals surface area contributed by atoms with Gasteiger partial charge in [0.05, 0.1) is 13.2 Å². The molecule has 0 aromatic carbocycles. The van der Waals surface area contributed by atoms with Crippen molar-refractivity contribution in [1.29, 1.82) is 0 Å². The molecule has 8 nitrogen and oxygen atoms in total. The summed E-state index contributed by atoms with van der Waals surface area (Å²) < 4.78 is 17.3. The normalized spacial score (nSPS) is 22.0. The third kappa shape index (κ3) is 8.49. The molecular weight excluding hydrogens is 463 g/mol. The summed E-state index contributed by atoms with van der Waals surface area (Å²) in [5.74, 6) is 0.156. The maximum atomic E-state index is 11.8. The van der Waals surface area contributed by atoms with Gasteiger partial charge in [-0.1, -0.05) is 12.8 Å². The molecule has 9 heteroatoms. The molecule has 0 radical (unpaired) electrons. The topological polar surface area (TPSA) is 84.4 Å². The summed E-state index contributed by atoms with van der Waals surface area (Å²) in [6.45, 7) is 2.46. The molecule has 1 unspecified atom stereocenters. The standard InChI is InChI=1S/C18H34N4O4.HI/c1-22(2)16(23)13-21-17(19-10-11-24-3)20-12-15-14-25-18(26-15)8-6-4-5-7-9-18;/h15H,4-14H2,1-3H3,(H2,19,20,21);1H. The molecule has 0 bridgehead atoms. The number of carbonyl (C=O) groups is 1. The predicted octanol–water partition coefficient (Wildman–Crippen LogP) is 1.34. The minimum absolute atomic E-state index is 0. The minimum atomic E-state index is -0.384. The van der Waals surface area contributed by atoms with Crippen LogP contribution in [0.4, 0.5) is 0 Å². The van der Waals surface area contributed by atoms with E-state index in [0.29, 0.717) is 32.3 Å². The lowest BCUT2D eigenvalue weighted by Gasteiger charge is -2.26. The molecule has 1 heterocycles. The fraction of sp³-hybridized carbons (Fsp3) is 0.889. The monoisotopic (exact) mass is 498 g/mol. The van der Waals surface area contributed by atoms with E-state index in [-0.39, 0.29) is 48.3 Å². The number of amides is 1. The number of ether oxygens (including phenoxy) is 3. The zero-order valence-corrected chi connectivity index (χ0v) is 19.1. The Morgan fingerprint density at radius 1 is 1.22 bits per heavy atom. The molecule has 1 spiro atoms. The maximum Gasteiger partial charge on any atom is 0.243 e. The summed E-state index contributed by atoms with van der Waals surface area (Å²) in [6.07, 6.45) is 6.81. The molecule has 1 atom stereocenters. The van der Waals surface area contributed by atoms with Crippen molar-refractivity contribution in [3.05, 3.63) is 0 Å². The second-order valence-corrected chi connectivity index (χ2v) is 7.13. The second-order valence-electron chi connectivity index (χ2n) is 7.13. The van der Waals surface area contributed by atoms with Crippen LogP contribution in [0.3, 0.4) is 0 Å². The van der Waals surface area contributed by atoms with E-state index in [0.717, 1.165) is 25.7 Å². The van der Waals surface area contributed by atoms with E-state index >= 15 is 0 Å². The molecule has 1 saturated carbocycles. The van der Waals surface area contributed by atoms with Crippen LogP contribution in [0.25, 0.3) is 0 Å². The van der Waals surface area contributed by atoms with Crippen molar-refractivity contribution in [1.82, 2.24) is 15.5 Å². The molecule has 0 aromatic rings. The highest BCUT2D eigenvalue weighted by Crippen LogP contribution is 2.36. The van der Waals surface area contributed by atoms with Crippen molar-refractivity contribution >= 4 is 35.8 Å². The molecule has 1 aliphatic carbocycles. The lowest BCUT2D eigenvalue weighted by Crippen LogP contribution is -2.44. The molecule has 2 fully saturated rings. The zero-order chi connectivity index (χ0) is 18.8. The van der Waals surface area contributed by atoms with Gasteiger partial charge < -0.3 is 29.7 Å². The van der Waals surface area contributed by atoms with Gasteiger partial charge in [0.1, 0.15) is 12.6 Å². The Kier molecular flexibility index (Phi) is 11.5. The summed E-state index contributed by atoms with van der Waals surface area (Å²) in [4.78, 5) is 17.6. The summed E-state index contributed by atoms with van der Waals surface area (Å²) in [7, 11) is 5.09.